The first-order valence-corrected chi connectivity index (χ1v) is 18.3. The summed E-state index contributed by atoms with van der Waals surface area (Å²) in [7, 11) is 4.71. The summed E-state index contributed by atoms with van der Waals surface area (Å²) >= 11 is 13.4. The maximum Gasteiger partial charge on any atom is 0.338 e. The number of nitrogens with zero attached hydrogens (tertiary/aromatic N) is 1. The highest BCUT2D eigenvalue weighted by Crippen LogP contribution is 2.37. The molecule has 0 amide bonds. The average Bonchev–Trinajstić information content (AvgIpc) is 3.18. The fraction of sp³-hybridized carbons (Fsp3) is 0.366. The van der Waals surface area contributed by atoms with Gasteiger partial charge in [0.25, 0.3) is 0 Å². The summed E-state index contributed by atoms with van der Waals surface area (Å²) in [5.74, 6) is 1.20. The van der Waals surface area contributed by atoms with Crippen LogP contribution in [0.3, 0.4) is 0 Å². The van der Waals surface area contributed by atoms with E-state index in [1.165, 1.54) is 0 Å². The maximum atomic E-state index is 13.8. The molecule has 11 heteroatoms. The Labute approximate surface area is 315 Å². The molecule has 3 aliphatic heterocycles. The first-order chi connectivity index (χ1) is 25.2. The number of esters is 2. The molecule has 9 nitrogen and oxygen atoms in total. The van der Waals surface area contributed by atoms with Crippen molar-refractivity contribution in [1.29, 1.82) is 0 Å². The zero-order valence-corrected chi connectivity index (χ0v) is 31.3. The molecule has 3 aliphatic rings. The van der Waals surface area contributed by atoms with Crippen LogP contribution in [0, 0.1) is 5.92 Å². The number of nitrogens with one attached hydrogen (secondary N) is 1. The van der Waals surface area contributed by atoms with E-state index in [-0.39, 0.29) is 18.5 Å². The van der Waals surface area contributed by atoms with E-state index in [1.54, 1.807) is 57.7 Å². The SMILES string of the molecule is CCc1cc(Cl)c(CC(OC(=O)c2ccc(NC(C(=O)OC3CN4CCC3CC4)c3ccc(OC)cc3)cc2)c2ccc(OC)c(OC)c2)c(Cl)c1. The molecule has 7 rings (SSSR count). The fourth-order valence-electron chi connectivity index (χ4n) is 6.92. The van der Waals surface area contributed by atoms with Gasteiger partial charge in [-0.15, -0.1) is 0 Å². The van der Waals surface area contributed by atoms with Gasteiger partial charge in [0.1, 0.15) is 18.0 Å². The van der Waals surface area contributed by atoms with Gasteiger partial charge in [0.2, 0.25) is 0 Å². The van der Waals surface area contributed by atoms with Crippen molar-refractivity contribution in [3.63, 3.8) is 0 Å². The van der Waals surface area contributed by atoms with Gasteiger partial charge in [0.15, 0.2) is 17.5 Å². The van der Waals surface area contributed by atoms with E-state index in [0.717, 1.165) is 50.0 Å². The largest absolute Gasteiger partial charge is 0.497 e. The average molecular weight is 748 g/mol. The van der Waals surface area contributed by atoms with Gasteiger partial charge >= 0.3 is 11.9 Å². The van der Waals surface area contributed by atoms with Crippen molar-refractivity contribution in [3.05, 3.63) is 117 Å². The second-order valence-corrected chi connectivity index (χ2v) is 14.0. The van der Waals surface area contributed by atoms with E-state index in [2.05, 4.69) is 10.2 Å². The monoisotopic (exact) mass is 746 g/mol. The van der Waals surface area contributed by atoms with E-state index in [9.17, 15) is 9.59 Å². The number of halogens is 2. The van der Waals surface area contributed by atoms with Crippen LogP contribution in [0.15, 0.2) is 78.9 Å². The molecule has 1 N–H and O–H groups in total. The van der Waals surface area contributed by atoms with Crippen molar-refractivity contribution in [2.45, 2.75) is 50.9 Å². The molecular weight excluding hydrogens is 703 g/mol. The number of ether oxygens (including phenoxy) is 5. The molecule has 52 heavy (non-hydrogen) atoms. The van der Waals surface area contributed by atoms with Gasteiger partial charge in [-0.3, -0.25) is 4.90 Å². The second-order valence-electron chi connectivity index (χ2n) is 13.1. The van der Waals surface area contributed by atoms with Gasteiger partial charge in [-0.2, -0.15) is 0 Å². The third-order valence-electron chi connectivity index (χ3n) is 10.0. The first kappa shape index (κ1) is 37.3. The molecule has 3 atom stereocenters. The van der Waals surface area contributed by atoms with E-state index in [4.69, 9.17) is 46.9 Å². The Morgan fingerprint density at radius 2 is 1.48 bits per heavy atom. The summed E-state index contributed by atoms with van der Waals surface area (Å²) in [6.07, 6.45) is 2.19. The summed E-state index contributed by atoms with van der Waals surface area (Å²) in [6.45, 7) is 4.89. The number of fused-ring (bicyclic) bond motifs is 3. The number of anilines is 1. The molecule has 3 heterocycles. The van der Waals surface area contributed by atoms with Crippen molar-refractivity contribution < 1.29 is 33.3 Å². The number of piperidine rings is 3. The normalized spacial score (nSPS) is 18.9. The predicted molar refractivity (Wildman–Crippen MR) is 202 cm³/mol. The topological polar surface area (TPSA) is 95.6 Å². The van der Waals surface area contributed by atoms with Crippen molar-refractivity contribution in [2.24, 2.45) is 5.92 Å². The number of hydrogen-bond donors (Lipinski definition) is 1. The molecule has 0 aliphatic carbocycles. The van der Waals surface area contributed by atoms with Crippen LogP contribution in [0.1, 0.15) is 64.5 Å². The third kappa shape index (κ3) is 8.60. The van der Waals surface area contributed by atoms with Crippen LogP contribution in [-0.4, -0.2) is 63.9 Å². The number of benzene rings is 4. The van der Waals surface area contributed by atoms with Gasteiger partial charge in [0, 0.05) is 28.7 Å². The van der Waals surface area contributed by atoms with Crippen molar-refractivity contribution in [3.8, 4) is 17.2 Å². The highest BCUT2D eigenvalue weighted by atomic mass is 35.5. The van der Waals surface area contributed by atoms with Gasteiger partial charge in [-0.1, -0.05) is 48.3 Å². The van der Waals surface area contributed by atoms with Crippen LogP contribution in [0.2, 0.25) is 10.0 Å². The van der Waals surface area contributed by atoms with Crippen LogP contribution in [0.4, 0.5) is 5.69 Å². The van der Waals surface area contributed by atoms with Gasteiger partial charge in [-0.25, -0.2) is 9.59 Å². The van der Waals surface area contributed by atoms with Crippen LogP contribution in [-0.2, 0) is 27.1 Å². The number of rotatable bonds is 14. The lowest BCUT2D eigenvalue weighted by Crippen LogP contribution is -2.52. The summed E-state index contributed by atoms with van der Waals surface area (Å²) in [6, 6.07) is 22.5. The zero-order valence-electron chi connectivity index (χ0n) is 29.8. The minimum absolute atomic E-state index is 0.136. The number of aryl methyl sites for hydroxylation is 1. The summed E-state index contributed by atoms with van der Waals surface area (Å²) in [5.41, 5.74) is 4.05. The smallest absolute Gasteiger partial charge is 0.338 e. The number of carbonyl (C=O) groups is 2. The van der Waals surface area contributed by atoms with Crippen molar-refractivity contribution in [1.82, 2.24) is 4.90 Å². The van der Waals surface area contributed by atoms with E-state index >= 15 is 0 Å². The van der Waals surface area contributed by atoms with Crippen LogP contribution in [0.5, 0.6) is 17.2 Å². The van der Waals surface area contributed by atoms with Crippen molar-refractivity contribution in [2.75, 3.05) is 46.3 Å². The fourth-order valence-corrected chi connectivity index (χ4v) is 7.61. The van der Waals surface area contributed by atoms with E-state index in [0.29, 0.717) is 55.6 Å². The molecule has 0 spiro atoms. The predicted octanol–water partition coefficient (Wildman–Crippen LogP) is 8.51. The Balaban J connectivity index is 1.22. The molecule has 0 saturated carbocycles. The Kier molecular flexibility index (Phi) is 12.1. The molecule has 4 aromatic carbocycles. The minimum atomic E-state index is -0.776. The van der Waals surface area contributed by atoms with Crippen LogP contribution >= 0.6 is 23.2 Å². The Hall–Kier alpha value is -4.44. The molecular formula is C41H44Cl2N2O7. The lowest BCUT2D eigenvalue weighted by atomic mass is 9.86. The summed E-state index contributed by atoms with van der Waals surface area (Å²) < 4.78 is 28.6. The first-order valence-electron chi connectivity index (χ1n) is 17.5. The molecule has 4 aromatic rings. The zero-order chi connectivity index (χ0) is 36.8. The molecule has 274 valence electrons. The van der Waals surface area contributed by atoms with Gasteiger partial charge in [0.05, 0.1) is 26.9 Å². The molecule has 2 bridgehead atoms. The Bertz CT molecular complexity index is 1840. The molecule has 3 fully saturated rings. The number of hydrogen-bond acceptors (Lipinski definition) is 9. The summed E-state index contributed by atoms with van der Waals surface area (Å²) in [4.78, 5) is 29.8. The number of methoxy groups -OCH3 is 3. The third-order valence-corrected chi connectivity index (χ3v) is 10.7. The summed E-state index contributed by atoms with van der Waals surface area (Å²) in [5, 5.41) is 4.34. The molecule has 0 aromatic heterocycles. The van der Waals surface area contributed by atoms with Gasteiger partial charge < -0.3 is 29.0 Å². The van der Waals surface area contributed by atoms with E-state index in [1.807, 2.05) is 49.4 Å². The van der Waals surface area contributed by atoms with E-state index < -0.39 is 18.1 Å². The standard InChI is InChI=1S/C41H44Cl2N2O7/c1-5-25-20-33(42)32(34(43)21-25)23-36(29-10-15-35(49-3)37(22-29)50-4)51-40(46)28-6-11-30(12-7-28)44-39(27-8-13-31(48-2)14-9-27)41(47)52-38-24-45-18-16-26(38)17-19-45/h6-15,20-22,26,36,38-39,44H,5,16-19,23-24H2,1-4H3. The highest BCUT2D eigenvalue weighted by molar-refractivity contribution is 6.36. The molecule has 3 saturated heterocycles. The lowest BCUT2D eigenvalue weighted by molar-refractivity contribution is -0.159. The van der Waals surface area contributed by atoms with Crippen LogP contribution < -0.4 is 19.5 Å². The molecule has 0 radical (unpaired) electrons. The number of carbonyl (C=O) groups excluding carboxylic acids is 2. The Morgan fingerprint density at radius 1 is 0.827 bits per heavy atom. The van der Waals surface area contributed by atoms with Crippen LogP contribution in [0.25, 0.3) is 0 Å². The lowest BCUT2D eigenvalue weighted by Gasteiger charge is -2.44. The van der Waals surface area contributed by atoms with Gasteiger partial charge in [-0.05, 0) is 121 Å². The van der Waals surface area contributed by atoms with Crippen molar-refractivity contribution >= 4 is 40.8 Å². The highest BCUT2D eigenvalue weighted by Gasteiger charge is 2.38. The minimum Gasteiger partial charge on any atom is -0.497 e. The maximum absolute atomic E-state index is 13.8. The Morgan fingerprint density at radius 3 is 2.06 bits per heavy atom. The molecule has 3 unspecified atom stereocenters. The second kappa shape index (κ2) is 16.9. The quantitative estimate of drug-likeness (QED) is 0.128.